The number of aryl methyl sites for hydroxylation is 2. The molecule has 6 nitrogen and oxygen atoms in total. The summed E-state index contributed by atoms with van der Waals surface area (Å²) in [6, 6.07) is 10.3. The van der Waals surface area contributed by atoms with Gasteiger partial charge >= 0.3 is 5.97 Å². The summed E-state index contributed by atoms with van der Waals surface area (Å²) in [6.07, 6.45) is 0.879. The van der Waals surface area contributed by atoms with Crippen LogP contribution in [0.5, 0.6) is 0 Å². The number of carbonyl (C=O) groups excluding carboxylic acids is 2. The summed E-state index contributed by atoms with van der Waals surface area (Å²) < 4.78 is 10.2. The lowest BCUT2D eigenvalue weighted by molar-refractivity contribution is 0.0476. The molecule has 0 aliphatic heterocycles. The summed E-state index contributed by atoms with van der Waals surface area (Å²) in [7, 11) is 0. The number of ketones is 1. The van der Waals surface area contributed by atoms with Gasteiger partial charge in [0.2, 0.25) is 5.78 Å². The van der Waals surface area contributed by atoms with Crippen LogP contribution in [-0.4, -0.2) is 28.5 Å². The molecule has 0 radical (unpaired) electrons. The van der Waals surface area contributed by atoms with Crippen molar-refractivity contribution in [2.45, 2.75) is 20.3 Å². The highest BCUT2D eigenvalue weighted by molar-refractivity contribution is 7.14. The number of carbonyl (C=O) groups is 2. The molecule has 0 spiro atoms. The molecular weight excluding hydrogens is 340 g/mol. The standard InChI is InChI=1S/C18H16N2O4S/c1-3-14-8-9-16(25-14)15(21)10-23-18(22)13-6-4-12(5-7-13)17-19-11(2)20-24-17/h4-9H,3,10H2,1-2H3. The number of benzene rings is 1. The normalized spacial score (nSPS) is 10.6. The molecule has 0 saturated heterocycles. The average molecular weight is 356 g/mol. The molecular formula is C18H16N2O4S. The van der Waals surface area contributed by atoms with Crippen LogP contribution >= 0.6 is 11.3 Å². The third-order valence-electron chi connectivity index (χ3n) is 3.51. The van der Waals surface area contributed by atoms with Gasteiger partial charge in [0.1, 0.15) is 0 Å². The van der Waals surface area contributed by atoms with Gasteiger partial charge in [0.05, 0.1) is 10.4 Å². The average Bonchev–Trinajstić information content (AvgIpc) is 3.28. The third kappa shape index (κ3) is 4.00. The van der Waals surface area contributed by atoms with E-state index in [2.05, 4.69) is 10.1 Å². The van der Waals surface area contributed by atoms with Crippen LogP contribution in [0.2, 0.25) is 0 Å². The second kappa shape index (κ2) is 7.40. The molecule has 1 aromatic carbocycles. The molecule has 0 N–H and O–H groups in total. The lowest BCUT2D eigenvalue weighted by atomic mass is 10.1. The minimum absolute atomic E-state index is 0.198. The molecule has 25 heavy (non-hydrogen) atoms. The quantitative estimate of drug-likeness (QED) is 0.495. The fraction of sp³-hybridized carbons (Fsp3) is 0.222. The topological polar surface area (TPSA) is 82.3 Å². The summed E-state index contributed by atoms with van der Waals surface area (Å²) in [5.74, 6) is 0.179. The fourth-order valence-corrected chi connectivity index (χ4v) is 3.04. The van der Waals surface area contributed by atoms with Crippen LogP contribution in [0.25, 0.3) is 11.5 Å². The van der Waals surface area contributed by atoms with Crippen molar-refractivity contribution in [2.75, 3.05) is 6.61 Å². The SMILES string of the molecule is CCc1ccc(C(=O)COC(=O)c2ccc(-c3nc(C)no3)cc2)s1. The van der Waals surface area contributed by atoms with Gasteiger partial charge in [-0.1, -0.05) is 12.1 Å². The molecule has 0 saturated carbocycles. The summed E-state index contributed by atoms with van der Waals surface area (Å²) in [5, 5.41) is 3.72. The van der Waals surface area contributed by atoms with E-state index < -0.39 is 5.97 Å². The lowest BCUT2D eigenvalue weighted by Gasteiger charge is -2.04. The van der Waals surface area contributed by atoms with E-state index in [1.165, 1.54) is 11.3 Å². The Labute approximate surface area is 148 Å². The largest absolute Gasteiger partial charge is 0.454 e. The first kappa shape index (κ1) is 17.0. The smallest absolute Gasteiger partial charge is 0.338 e. The Balaban J connectivity index is 1.60. The number of Topliss-reactive ketones (excluding diaryl/α,β-unsaturated/α-hetero) is 1. The van der Waals surface area contributed by atoms with Gasteiger partial charge in [-0.15, -0.1) is 11.3 Å². The maximum atomic E-state index is 12.1. The Morgan fingerprint density at radius 2 is 1.92 bits per heavy atom. The molecule has 2 aromatic heterocycles. The van der Waals surface area contributed by atoms with Crippen molar-refractivity contribution < 1.29 is 18.8 Å². The summed E-state index contributed by atoms with van der Waals surface area (Å²) in [6.45, 7) is 3.49. The number of hydrogen-bond acceptors (Lipinski definition) is 7. The van der Waals surface area contributed by atoms with Crippen LogP contribution in [0, 0.1) is 6.92 Å². The molecule has 0 atom stereocenters. The zero-order valence-electron chi connectivity index (χ0n) is 13.8. The van der Waals surface area contributed by atoms with Crippen molar-refractivity contribution >= 4 is 23.1 Å². The van der Waals surface area contributed by atoms with Gasteiger partial charge in [0.15, 0.2) is 12.4 Å². The van der Waals surface area contributed by atoms with Crippen molar-refractivity contribution in [2.24, 2.45) is 0 Å². The zero-order chi connectivity index (χ0) is 17.8. The maximum Gasteiger partial charge on any atom is 0.338 e. The van der Waals surface area contributed by atoms with E-state index in [0.29, 0.717) is 27.7 Å². The predicted octanol–water partition coefficient (Wildman–Crippen LogP) is 3.71. The Morgan fingerprint density at radius 3 is 2.52 bits per heavy atom. The minimum atomic E-state index is -0.547. The molecule has 0 aliphatic rings. The van der Waals surface area contributed by atoms with Crippen LogP contribution in [0.1, 0.15) is 37.7 Å². The molecule has 128 valence electrons. The van der Waals surface area contributed by atoms with Gasteiger partial charge in [-0.3, -0.25) is 4.79 Å². The molecule has 0 bridgehead atoms. The van der Waals surface area contributed by atoms with Crippen molar-refractivity contribution in [3.8, 4) is 11.5 Å². The second-order valence-electron chi connectivity index (χ2n) is 5.34. The summed E-state index contributed by atoms with van der Waals surface area (Å²) in [4.78, 5) is 30.0. The van der Waals surface area contributed by atoms with E-state index in [4.69, 9.17) is 9.26 Å². The second-order valence-corrected chi connectivity index (χ2v) is 6.51. The number of aromatic nitrogens is 2. The fourth-order valence-electron chi connectivity index (χ4n) is 2.17. The maximum absolute atomic E-state index is 12.1. The highest BCUT2D eigenvalue weighted by Gasteiger charge is 2.14. The van der Waals surface area contributed by atoms with Crippen molar-refractivity contribution in [3.63, 3.8) is 0 Å². The van der Waals surface area contributed by atoms with E-state index in [1.54, 1.807) is 37.3 Å². The number of thiophene rings is 1. The first-order chi connectivity index (χ1) is 12.1. The summed E-state index contributed by atoms with van der Waals surface area (Å²) in [5.41, 5.74) is 1.06. The van der Waals surface area contributed by atoms with Gasteiger partial charge in [0, 0.05) is 10.4 Å². The van der Waals surface area contributed by atoms with Crippen molar-refractivity contribution in [3.05, 3.63) is 57.5 Å². The molecule has 3 aromatic rings. The van der Waals surface area contributed by atoms with Crippen LogP contribution in [0.4, 0.5) is 0 Å². The minimum Gasteiger partial charge on any atom is -0.454 e. The van der Waals surface area contributed by atoms with Gasteiger partial charge in [0.25, 0.3) is 5.89 Å². The van der Waals surface area contributed by atoms with Crippen LogP contribution in [-0.2, 0) is 11.2 Å². The predicted molar refractivity (Wildman–Crippen MR) is 92.8 cm³/mol. The summed E-state index contributed by atoms with van der Waals surface area (Å²) >= 11 is 1.43. The Hall–Kier alpha value is -2.80. The third-order valence-corrected chi connectivity index (χ3v) is 4.79. The molecule has 3 rings (SSSR count). The lowest BCUT2D eigenvalue weighted by Crippen LogP contribution is -2.13. The number of rotatable bonds is 6. The molecule has 0 amide bonds. The van der Waals surface area contributed by atoms with Crippen LogP contribution in [0.3, 0.4) is 0 Å². The van der Waals surface area contributed by atoms with Gasteiger partial charge in [-0.2, -0.15) is 4.98 Å². The first-order valence-corrected chi connectivity index (χ1v) is 8.58. The van der Waals surface area contributed by atoms with Crippen molar-refractivity contribution in [1.29, 1.82) is 0 Å². The Kier molecular flexibility index (Phi) is 5.04. The number of nitrogens with zero attached hydrogens (tertiary/aromatic N) is 2. The number of ether oxygens (including phenoxy) is 1. The number of hydrogen-bond donors (Lipinski definition) is 0. The zero-order valence-corrected chi connectivity index (χ0v) is 14.6. The van der Waals surface area contributed by atoms with E-state index in [9.17, 15) is 9.59 Å². The molecule has 0 fully saturated rings. The van der Waals surface area contributed by atoms with E-state index >= 15 is 0 Å². The Morgan fingerprint density at radius 1 is 1.16 bits per heavy atom. The van der Waals surface area contributed by atoms with E-state index in [1.807, 2.05) is 13.0 Å². The van der Waals surface area contributed by atoms with Crippen molar-refractivity contribution in [1.82, 2.24) is 10.1 Å². The Bertz CT molecular complexity index is 896. The van der Waals surface area contributed by atoms with Gasteiger partial charge in [-0.25, -0.2) is 4.79 Å². The van der Waals surface area contributed by atoms with Gasteiger partial charge < -0.3 is 9.26 Å². The molecule has 7 heteroatoms. The van der Waals surface area contributed by atoms with E-state index in [0.717, 1.165) is 11.3 Å². The molecule has 2 heterocycles. The van der Waals surface area contributed by atoms with Crippen LogP contribution in [0.15, 0.2) is 40.9 Å². The highest BCUT2D eigenvalue weighted by atomic mass is 32.1. The monoisotopic (exact) mass is 356 g/mol. The van der Waals surface area contributed by atoms with E-state index in [-0.39, 0.29) is 12.4 Å². The molecule has 0 aliphatic carbocycles. The molecule has 0 unspecified atom stereocenters. The highest BCUT2D eigenvalue weighted by Crippen LogP contribution is 2.19. The number of esters is 1. The van der Waals surface area contributed by atoms with Gasteiger partial charge in [-0.05, 0) is 49.7 Å². The van der Waals surface area contributed by atoms with Crippen LogP contribution < -0.4 is 0 Å². The first-order valence-electron chi connectivity index (χ1n) is 7.76.